The Morgan fingerprint density at radius 2 is 1.95 bits per heavy atom. The average molecular weight is 260 g/mol. The minimum atomic E-state index is 0.277. The number of likely N-dealkylation sites (tertiary alicyclic amines) is 1. The first-order valence-corrected chi connectivity index (χ1v) is 7.47. The topological polar surface area (TPSA) is 32.3 Å². The number of rotatable bonds is 1. The van der Waals surface area contributed by atoms with E-state index in [-0.39, 0.29) is 5.54 Å². The van der Waals surface area contributed by atoms with Crippen LogP contribution >= 0.6 is 0 Å². The number of anilines is 1. The molecule has 0 spiro atoms. The molecule has 0 aromatic carbocycles. The first-order chi connectivity index (χ1) is 9.22. The number of aromatic nitrogens is 2. The molecule has 1 aromatic rings. The third kappa shape index (κ3) is 2.22. The van der Waals surface area contributed by atoms with Crippen molar-refractivity contribution in [2.45, 2.75) is 50.6 Å². The molecule has 19 heavy (non-hydrogen) atoms. The van der Waals surface area contributed by atoms with Crippen LogP contribution in [0.4, 0.5) is 5.95 Å². The van der Waals surface area contributed by atoms with Crippen molar-refractivity contribution in [1.82, 2.24) is 14.9 Å². The molecule has 2 aliphatic rings. The zero-order chi connectivity index (χ0) is 13.3. The quantitative estimate of drug-likeness (QED) is 0.775. The van der Waals surface area contributed by atoms with E-state index in [1.54, 1.807) is 0 Å². The molecule has 0 amide bonds. The van der Waals surface area contributed by atoms with Gasteiger partial charge in [0.25, 0.3) is 0 Å². The second-order valence-corrected chi connectivity index (χ2v) is 6.14. The van der Waals surface area contributed by atoms with Gasteiger partial charge in [0, 0.05) is 24.5 Å². The summed E-state index contributed by atoms with van der Waals surface area (Å²) in [6, 6.07) is 2.45. The largest absolute Gasteiger partial charge is 0.336 e. The molecule has 2 fully saturated rings. The lowest BCUT2D eigenvalue weighted by atomic mass is 9.85. The molecule has 2 atom stereocenters. The second kappa shape index (κ2) is 5.08. The smallest absolute Gasteiger partial charge is 0.225 e. The fraction of sp³-hybridized carbons (Fsp3) is 0.733. The van der Waals surface area contributed by atoms with Crippen LogP contribution in [0.25, 0.3) is 0 Å². The van der Waals surface area contributed by atoms with Crippen LogP contribution < -0.4 is 4.90 Å². The monoisotopic (exact) mass is 260 g/mol. The van der Waals surface area contributed by atoms with E-state index in [4.69, 9.17) is 0 Å². The summed E-state index contributed by atoms with van der Waals surface area (Å²) in [6.07, 6.45) is 10.2. The Morgan fingerprint density at radius 1 is 1.16 bits per heavy atom. The zero-order valence-corrected chi connectivity index (χ0v) is 12.0. The van der Waals surface area contributed by atoms with Gasteiger partial charge in [0.15, 0.2) is 0 Å². The predicted octanol–water partition coefficient (Wildman–Crippen LogP) is 2.32. The summed E-state index contributed by atoms with van der Waals surface area (Å²) in [7, 11) is 2.29. The number of likely N-dealkylation sites (N-methyl/N-ethyl adjacent to an activating group) is 1. The van der Waals surface area contributed by atoms with Crippen molar-refractivity contribution >= 4 is 5.95 Å². The van der Waals surface area contributed by atoms with Gasteiger partial charge in [-0.3, -0.25) is 4.90 Å². The van der Waals surface area contributed by atoms with Crippen molar-refractivity contribution in [3.05, 3.63) is 18.5 Å². The third-order valence-electron chi connectivity index (χ3n) is 5.11. The van der Waals surface area contributed by atoms with E-state index in [9.17, 15) is 0 Å². The Hall–Kier alpha value is -1.16. The van der Waals surface area contributed by atoms with Gasteiger partial charge in [-0.05, 0) is 45.8 Å². The molecule has 3 heterocycles. The van der Waals surface area contributed by atoms with Crippen molar-refractivity contribution in [2.24, 2.45) is 0 Å². The Labute approximate surface area is 115 Å². The molecule has 4 heteroatoms. The molecule has 0 unspecified atom stereocenters. The third-order valence-corrected chi connectivity index (χ3v) is 5.11. The Balaban J connectivity index is 1.89. The van der Waals surface area contributed by atoms with Gasteiger partial charge < -0.3 is 4.90 Å². The van der Waals surface area contributed by atoms with Crippen LogP contribution in [-0.4, -0.2) is 46.6 Å². The van der Waals surface area contributed by atoms with Crippen LogP contribution in [0.15, 0.2) is 18.5 Å². The highest BCUT2D eigenvalue weighted by atomic mass is 15.4. The van der Waals surface area contributed by atoms with Crippen molar-refractivity contribution in [3.63, 3.8) is 0 Å². The summed E-state index contributed by atoms with van der Waals surface area (Å²) in [5.74, 6) is 0.908. The van der Waals surface area contributed by atoms with Crippen LogP contribution in [0.2, 0.25) is 0 Å². The summed E-state index contributed by atoms with van der Waals surface area (Å²) in [4.78, 5) is 13.9. The van der Waals surface area contributed by atoms with Gasteiger partial charge >= 0.3 is 0 Å². The van der Waals surface area contributed by atoms with E-state index >= 15 is 0 Å². The van der Waals surface area contributed by atoms with Gasteiger partial charge in [-0.25, -0.2) is 9.97 Å². The summed E-state index contributed by atoms with van der Waals surface area (Å²) in [5, 5.41) is 0. The maximum atomic E-state index is 4.46. The van der Waals surface area contributed by atoms with E-state index in [0.717, 1.165) is 12.5 Å². The highest BCUT2D eigenvalue weighted by Crippen LogP contribution is 2.38. The highest BCUT2D eigenvalue weighted by Gasteiger charge is 2.47. The Kier molecular flexibility index (Phi) is 3.44. The van der Waals surface area contributed by atoms with E-state index < -0.39 is 0 Å². The fourth-order valence-electron chi connectivity index (χ4n) is 3.71. The van der Waals surface area contributed by atoms with Crippen molar-refractivity contribution in [2.75, 3.05) is 25.0 Å². The molecular weight excluding hydrogens is 236 g/mol. The van der Waals surface area contributed by atoms with Crippen molar-refractivity contribution < 1.29 is 0 Å². The van der Waals surface area contributed by atoms with E-state index in [1.165, 1.54) is 38.6 Å². The van der Waals surface area contributed by atoms with Crippen molar-refractivity contribution in [1.29, 1.82) is 0 Å². The van der Waals surface area contributed by atoms with Gasteiger partial charge in [0.1, 0.15) is 0 Å². The number of hydrogen-bond donors (Lipinski definition) is 0. The zero-order valence-electron chi connectivity index (χ0n) is 12.0. The number of nitrogens with zero attached hydrogens (tertiary/aromatic N) is 4. The SMILES string of the molecule is CN1CCCCC[C@@H]2N(c3ncccn3)CC[C@@]21C. The fourth-order valence-corrected chi connectivity index (χ4v) is 3.71. The van der Waals surface area contributed by atoms with Gasteiger partial charge in [-0.2, -0.15) is 0 Å². The molecular formula is C15H24N4. The molecule has 0 bridgehead atoms. The molecule has 104 valence electrons. The maximum Gasteiger partial charge on any atom is 0.225 e. The molecule has 2 saturated heterocycles. The van der Waals surface area contributed by atoms with Gasteiger partial charge in [-0.1, -0.05) is 12.8 Å². The molecule has 2 aliphatic heterocycles. The summed E-state index contributed by atoms with van der Waals surface area (Å²) in [5.41, 5.74) is 0.277. The first-order valence-electron chi connectivity index (χ1n) is 7.47. The lowest BCUT2D eigenvalue weighted by Gasteiger charge is -2.43. The van der Waals surface area contributed by atoms with Gasteiger partial charge in [0.2, 0.25) is 5.95 Å². The van der Waals surface area contributed by atoms with E-state index in [0.29, 0.717) is 6.04 Å². The molecule has 0 saturated carbocycles. The van der Waals surface area contributed by atoms with Crippen LogP contribution in [0.3, 0.4) is 0 Å². The van der Waals surface area contributed by atoms with Crippen LogP contribution in [0.1, 0.15) is 39.0 Å². The summed E-state index contributed by atoms with van der Waals surface area (Å²) >= 11 is 0. The lowest BCUT2D eigenvalue weighted by molar-refractivity contribution is 0.108. The minimum absolute atomic E-state index is 0.277. The Morgan fingerprint density at radius 3 is 2.74 bits per heavy atom. The summed E-state index contributed by atoms with van der Waals surface area (Å²) in [6.45, 7) is 4.72. The normalized spacial score (nSPS) is 32.7. The average Bonchev–Trinajstić information content (AvgIpc) is 2.76. The molecule has 4 nitrogen and oxygen atoms in total. The second-order valence-electron chi connectivity index (χ2n) is 6.14. The van der Waals surface area contributed by atoms with Gasteiger partial charge in [0.05, 0.1) is 6.04 Å². The number of fused-ring (bicyclic) bond motifs is 1. The predicted molar refractivity (Wildman–Crippen MR) is 77.3 cm³/mol. The van der Waals surface area contributed by atoms with Gasteiger partial charge in [-0.15, -0.1) is 0 Å². The van der Waals surface area contributed by atoms with E-state index in [1.807, 2.05) is 18.5 Å². The van der Waals surface area contributed by atoms with Crippen LogP contribution in [-0.2, 0) is 0 Å². The minimum Gasteiger partial charge on any atom is -0.336 e. The maximum absolute atomic E-state index is 4.46. The molecule has 0 aliphatic carbocycles. The van der Waals surface area contributed by atoms with Crippen molar-refractivity contribution in [3.8, 4) is 0 Å². The lowest BCUT2D eigenvalue weighted by Crippen LogP contribution is -2.54. The first kappa shape index (κ1) is 12.9. The molecule has 3 rings (SSSR count). The highest BCUT2D eigenvalue weighted by molar-refractivity contribution is 5.36. The van der Waals surface area contributed by atoms with E-state index in [2.05, 4.69) is 33.7 Å². The number of hydrogen-bond acceptors (Lipinski definition) is 4. The van der Waals surface area contributed by atoms with Crippen LogP contribution in [0.5, 0.6) is 0 Å². The molecule has 0 N–H and O–H groups in total. The summed E-state index contributed by atoms with van der Waals surface area (Å²) < 4.78 is 0. The molecule has 0 radical (unpaired) electrons. The van der Waals surface area contributed by atoms with Crippen LogP contribution in [0, 0.1) is 0 Å². The molecule has 1 aromatic heterocycles. The Bertz CT molecular complexity index is 421. The standard InChI is InChI=1S/C15H24N4/c1-15-8-12-19(14-16-9-6-10-17-14)13(15)7-4-3-5-11-18(15)2/h6,9-10,13H,3-5,7-8,11-12H2,1-2H3/t13-,15-/m0/s1.